The van der Waals surface area contributed by atoms with Crippen LogP contribution in [0.15, 0.2) is 0 Å². The van der Waals surface area contributed by atoms with E-state index in [1.807, 2.05) is 0 Å². The first-order chi connectivity index (χ1) is 5.20. The van der Waals surface area contributed by atoms with E-state index in [9.17, 15) is 4.79 Å². The fourth-order valence-corrected chi connectivity index (χ4v) is 0.469. The van der Waals surface area contributed by atoms with Crippen LogP contribution in [0.4, 0.5) is 5.95 Å². The van der Waals surface area contributed by atoms with Gasteiger partial charge in [-0.15, -0.1) is 5.10 Å². The quantitative estimate of drug-likeness (QED) is 0.619. The molecule has 0 aliphatic rings. The molecule has 2 N–H and O–H groups in total. The SMILES string of the molecule is CC(C)C(=O)Nc1nn[nH]n1. The highest BCUT2D eigenvalue weighted by Crippen LogP contribution is 1.97. The van der Waals surface area contributed by atoms with Gasteiger partial charge in [0.1, 0.15) is 0 Å². The van der Waals surface area contributed by atoms with Crippen molar-refractivity contribution in [2.24, 2.45) is 5.92 Å². The van der Waals surface area contributed by atoms with Crippen molar-refractivity contribution < 1.29 is 4.79 Å². The van der Waals surface area contributed by atoms with Gasteiger partial charge >= 0.3 is 0 Å². The highest BCUT2D eigenvalue weighted by molar-refractivity contribution is 5.90. The Balaban J connectivity index is 2.50. The third-order valence-corrected chi connectivity index (χ3v) is 1.10. The van der Waals surface area contributed by atoms with Crippen molar-refractivity contribution in [3.05, 3.63) is 0 Å². The normalized spacial score (nSPS) is 10.1. The van der Waals surface area contributed by atoms with Crippen LogP contribution in [-0.4, -0.2) is 26.5 Å². The van der Waals surface area contributed by atoms with Crippen LogP contribution < -0.4 is 5.32 Å². The van der Waals surface area contributed by atoms with Gasteiger partial charge in [0.2, 0.25) is 5.91 Å². The summed E-state index contributed by atoms with van der Waals surface area (Å²) in [4.78, 5) is 11.0. The Bertz CT molecular complexity index is 229. The van der Waals surface area contributed by atoms with E-state index in [1.54, 1.807) is 13.8 Å². The highest BCUT2D eigenvalue weighted by atomic mass is 16.2. The lowest BCUT2D eigenvalue weighted by Crippen LogP contribution is -2.18. The zero-order valence-corrected chi connectivity index (χ0v) is 6.33. The molecule has 11 heavy (non-hydrogen) atoms. The number of aromatic nitrogens is 4. The summed E-state index contributed by atoms with van der Waals surface area (Å²) in [5.41, 5.74) is 0. The van der Waals surface area contributed by atoms with Crippen molar-refractivity contribution in [2.45, 2.75) is 13.8 Å². The van der Waals surface area contributed by atoms with E-state index in [0.29, 0.717) is 0 Å². The molecular formula is C5H9N5O. The predicted octanol–water partition coefficient (Wildman–Crippen LogP) is -0.206. The molecule has 6 nitrogen and oxygen atoms in total. The van der Waals surface area contributed by atoms with Gasteiger partial charge in [0.15, 0.2) is 0 Å². The zero-order chi connectivity index (χ0) is 8.27. The summed E-state index contributed by atoms with van der Waals surface area (Å²) in [6.07, 6.45) is 0. The van der Waals surface area contributed by atoms with E-state index < -0.39 is 0 Å². The number of hydrogen-bond acceptors (Lipinski definition) is 4. The molecule has 1 heterocycles. The fraction of sp³-hybridized carbons (Fsp3) is 0.600. The first-order valence-corrected chi connectivity index (χ1v) is 3.24. The second-order valence-electron chi connectivity index (χ2n) is 2.38. The van der Waals surface area contributed by atoms with E-state index in [4.69, 9.17) is 0 Å². The number of nitrogens with one attached hydrogen (secondary N) is 2. The number of rotatable bonds is 2. The van der Waals surface area contributed by atoms with Crippen LogP contribution in [0.25, 0.3) is 0 Å². The predicted molar refractivity (Wildman–Crippen MR) is 37.6 cm³/mol. The van der Waals surface area contributed by atoms with Gasteiger partial charge in [-0.25, -0.2) is 0 Å². The van der Waals surface area contributed by atoms with Crippen LogP contribution in [0, 0.1) is 5.92 Å². The number of nitrogens with zero attached hydrogens (tertiary/aromatic N) is 3. The van der Waals surface area contributed by atoms with Crippen molar-refractivity contribution in [2.75, 3.05) is 5.32 Å². The molecule has 1 aromatic heterocycles. The summed E-state index contributed by atoms with van der Waals surface area (Å²) in [5, 5.41) is 15.1. The summed E-state index contributed by atoms with van der Waals surface area (Å²) in [6, 6.07) is 0. The van der Waals surface area contributed by atoms with Crippen LogP contribution >= 0.6 is 0 Å². The summed E-state index contributed by atoms with van der Waals surface area (Å²) in [5.74, 6) is 0.0172. The van der Waals surface area contributed by atoms with Crippen molar-refractivity contribution in [1.29, 1.82) is 0 Å². The smallest absolute Gasteiger partial charge is 0.269 e. The standard InChI is InChI=1S/C5H9N5O/c1-3(2)4(11)6-5-7-9-10-8-5/h3H,1-2H3,(H2,6,7,8,9,10,11). The zero-order valence-electron chi connectivity index (χ0n) is 6.33. The van der Waals surface area contributed by atoms with Crippen molar-refractivity contribution >= 4 is 11.9 Å². The van der Waals surface area contributed by atoms with Crippen LogP contribution in [0.3, 0.4) is 0 Å². The number of anilines is 1. The minimum Gasteiger partial charge on any atom is -0.292 e. The lowest BCUT2D eigenvalue weighted by Gasteiger charge is -2.01. The molecule has 0 unspecified atom stereocenters. The van der Waals surface area contributed by atoms with Crippen LogP contribution in [0.1, 0.15) is 13.8 Å². The highest BCUT2D eigenvalue weighted by Gasteiger charge is 2.08. The monoisotopic (exact) mass is 155 g/mol. The summed E-state index contributed by atoms with van der Waals surface area (Å²) in [6.45, 7) is 3.57. The molecule has 0 aliphatic heterocycles. The summed E-state index contributed by atoms with van der Waals surface area (Å²) < 4.78 is 0. The molecule has 0 saturated heterocycles. The molecule has 0 spiro atoms. The van der Waals surface area contributed by atoms with Crippen molar-refractivity contribution in [1.82, 2.24) is 20.6 Å². The van der Waals surface area contributed by atoms with Crippen LogP contribution in [-0.2, 0) is 4.79 Å². The Hall–Kier alpha value is -1.46. The maximum atomic E-state index is 11.0. The van der Waals surface area contributed by atoms with Crippen LogP contribution in [0.2, 0.25) is 0 Å². The van der Waals surface area contributed by atoms with E-state index >= 15 is 0 Å². The molecule has 1 rings (SSSR count). The minimum absolute atomic E-state index is 0.0755. The van der Waals surface area contributed by atoms with E-state index in [2.05, 4.69) is 25.9 Å². The Morgan fingerprint density at radius 1 is 1.64 bits per heavy atom. The Morgan fingerprint density at radius 2 is 2.36 bits per heavy atom. The number of H-pyrrole nitrogens is 1. The number of hydrogen-bond donors (Lipinski definition) is 2. The van der Waals surface area contributed by atoms with E-state index in [1.165, 1.54) is 0 Å². The van der Waals surface area contributed by atoms with Gasteiger partial charge in [0.05, 0.1) is 0 Å². The lowest BCUT2D eigenvalue weighted by molar-refractivity contribution is -0.118. The van der Waals surface area contributed by atoms with Gasteiger partial charge in [-0.3, -0.25) is 10.1 Å². The largest absolute Gasteiger partial charge is 0.292 e. The third kappa shape index (κ3) is 1.99. The second kappa shape index (κ2) is 3.09. The molecule has 0 fully saturated rings. The molecule has 0 aliphatic carbocycles. The molecular weight excluding hydrogens is 146 g/mol. The molecule has 0 aromatic carbocycles. The number of carbonyl (C=O) groups is 1. The molecule has 1 amide bonds. The van der Waals surface area contributed by atoms with E-state index in [0.717, 1.165) is 0 Å². The second-order valence-corrected chi connectivity index (χ2v) is 2.38. The first kappa shape index (κ1) is 7.64. The average molecular weight is 155 g/mol. The van der Waals surface area contributed by atoms with Gasteiger partial charge in [-0.2, -0.15) is 5.21 Å². The fourth-order valence-electron chi connectivity index (χ4n) is 0.469. The van der Waals surface area contributed by atoms with Gasteiger partial charge in [-0.05, 0) is 5.21 Å². The topological polar surface area (TPSA) is 83.6 Å². The molecule has 0 bridgehead atoms. The lowest BCUT2D eigenvalue weighted by atomic mass is 10.2. The van der Waals surface area contributed by atoms with E-state index in [-0.39, 0.29) is 17.8 Å². The van der Waals surface area contributed by atoms with Crippen molar-refractivity contribution in [3.63, 3.8) is 0 Å². The summed E-state index contributed by atoms with van der Waals surface area (Å²) in [7, 11) is 0. The number of tetrazole rings is 1. The first-order valence-electron chi connectivity index (χ1n) is 3.24. The third-order valence-electron chi connectivity index (χ3n) is 1.10. The van der Waals surface area contributed by atoms with Gasteiger partial charge in [0.25, 0.3) is 5.95 Å². The molecule has 0 radical (unpaired) electrons. The van der Waals surface area contributed by atoms with Crippen LogP contribution in [0.5, 0.6) is 0 Å². The van der Waals surface area contributed by atoms with Gasteiger partial charge in [0, 0.05) is 5.92 Å². The molecule has 0 saturated carbocycles. The molecule has 0 atom stereocenters. The summed E-state index contributed by atoms with van der Waals surface area (Å²) >= 11 is 0. The minimum atomic E-state index is -0.119. The Morgan fingerprint density at radius 3 is 2.82 bits per heavy atom. The number of carbonyl (C=O) groups excluding carboxylic acids is 1. The Kier molecular flexibility index (Phi) is 2.15. The number of amides is 1. The van der Waals surface area contributed by atoms with Gasteiger partial charge in [-0.1, -0.05) is 18.9 Å². The number of aromatic amines is 1. The molecule has 60 valence electrons. The molecule has 1 aromatic rings. The van der Waals surface area contributed by atoms with Gasteiger partial charge < -0.3 is 0 Å². The average Bonchev–Trinajstić information content (AvgIpc) is 2.39. The molecule has 6 heteroatoms. The maximum absolute atomic E-state index is 11.0. The maximum Gasteiger partial charge on any atom is 0.269 e. The Labute approximate surface area is 63.4 Å². The van der Waals surface area contributed by atoms with Crippen molar-refractivity contribution in [3.8, 4) is 0 Å².